The van der Waals surface area contributed by atoms with Gasteiger partial charge in [-0.1, -0.05) is 74.3 Å². The molecular formula is C29H54. The van der Waals surface area contributed by atoms with Gasteiger partial charge in [0.1, 0.15) is 0 Å². The Morgan fingerprint density at radius 1 is 0.897 bits per heavy atom. The minimum atomic E-state index is 0.611. The van der Waals surface area contributed by atoms with E-state index in [1.807, 2.05) is 13.8 Å². The lowest BCUT2D eigenvalue weighted by Gasteiger charge is -2.61. The summed E-state index contributed by atoms with van der Waals surface area (Å²) in [5.74, 6) is 6.73. The summed E-state index contributed by atoms with van der Waals surface area (Å²) >= 11 is 0. The van der Waals surface area contributed by atoms with Gasteiger partial charge < -0.3 is 0 Å². The van der Waals surface area contributed by atoms with Crippen LogP contribution < -0.4 is 0 Å². The van der Waals surface area contributed by atoms with Crippen molar-refractivity contribution in [3.05, 3.63) is 12.7 Å². The maximum atomic E-state index is 4.13. The van der Waals surface area contributed by atoms with Gasteiger partial charge in [-0.2, -0.15) is 0 Å². The van der Waals surface area contributed by atoms with Gasteiger partial charge in [-0.3, -0.25) is 0 Å². The number of fused-ring (bicyclic) bond motifs is 5. The Morgan fingerprint density at radius 2 is 1.48 bits per heavy atom. The molecule has 9 unspecified atom stereocenters. The van der Waals surface area contributed by atoms with Crippen LogP contribution in [0.3, 0.4) is 0 Å². The molecule has 4 aliphatic rings. The van der Waals surface area contributed by atoms with Gasteiger partial charge in [0.15, 0.2) is 0 Å². The van der Waals surface area contributed by atoms with E-state index >= 15 is 0 Å². The summed E-state index contributed by atoms with van der Waals surface area (Å²) in [6, 6.07) is 0. The molecule has 0 nitrogen and oxygen atoms in total. The van der Waals surface area contributed by atoms with E-state index in [2.05, 4.69) is 54.2 Å². The summed E-state index contributed by atoms with van der Waals surface area (Å²) < 4.78 is 0. The van der Waals surface area contributed by atoms with Crippen molar-refractivity contribution in [2.75, 3.05) is 0 Å². The van der Waals surface area contributed by atoms with Crippen LogP contribution in [0.2, 0.25) is 0 Å². The molecule has 0 N–H and O–H groups in total. The molecule has 170 valence electrons. The first-order valence-corrected chi connectivity index (χ1v) is 13.4. The largest absolute Gasteiger partial charge is 0.103 e. The monoisotopic (exact) mass is 402 g/mol. The molecule has 0 bridgehead atoms. The summed E-state index contributed by atoms with van der Waals surface area (Å²) in [7, 11) is 0. The first kappa shape index (κ1) is 25.0. The molecule has 0 saturated heterocycles. The third-order valence-electron chi connectivity index (χ3n) is 10.0. The molecule has 4 aliphatic carbocycles. The van der Waals surface area contributed by atoms with Crippen molar-refractivity contribution in [3.63, 3.8) is 0 Å². The summed E-state index contributed by atoms with van der Waals surface area (Å²) in [4.78, 5) is 0. The Balaban J connectivity index is 0.000000551. The molecule has 0 amide bonds. The van der Waals surface area contributed by atoms with Gasteiger partial charge >= 0.3 is 0 Å². The lowest BCUT2D eigenvalue weighted by molar-refractivity contribution is -0.118. The average molecular weight is 403 g/mol. The van der Waals surface area contributed by atoms with Crippen LogP contribution in [0.15, 0.2) is 12.7 Å². The summed E-state index contributed by atoms with van der Waals surface area (Å²) in [5.41, 5.74) is 1.29. The van der Waals surface area contributed by atoms with Crippen LogP contribution in [0.1, 0.15) is 120 Å². The molecule has 0 heteroatoms. The minimum Gasteiger partial charge on any atom is -0.103 e. The predicted octanol–water partition coefficient (Wildman–Crippen LogP) is 9.55. The second-order valence-electron chi connectivity index (χ2n) is 11.6. The number of hydrogen-bond donors (Lipinski definition) is 0. The fourth-order valence-electron chi connectivity index (χ4n) is 8.54. The lowest BCUT2D eigenvalue weighted by Crippen LogP contribution is -2.53. The molecule has 4 saturated carbocycles. The van der Waals surface area contributed by atoms with Crippen LogP contribution in [0.5, 0.6) is 0 Å². The fourth-order valence-corrected chi connectivity index (χ4v) is 8.54. The molecule has 0 aromatic rings. The number of hydrogen-bond acceptors (Lipinski definition) is 0. The van der Waals surface area contributed by atoms with E-state index in [0.29, 0.717) is 16.7 Å². The quantitative estimate of drug-likeness (QED) is 0.403. The number of rotatable bonds is 2. The highest BCUT2D eigenvalue weighted by Gasteiger charge is 2.60. The molecule has 0 heterocycles. The molecule has 0 radical (unpaired) electrons. The predicted molar refractivity (Wildman–Crippen MR) is 131 cm³/mol. The molecule has 0 aromatic heterocycles. The first-order valence-electron chi connectivity index (χ1n) is 13.4. The second-order valence-corrected chi connectivity index (χ2v) is 11.6. The van der Waals surface area contributed by atoms with Crippen LogP contribution in [0.25, 0.3) is 0 Å². The minimum absolute atomic E-state index is 0.611. The first-order chi connectivity index (χ1) is 13.8. The summed E-state index contributed by atoms with van der Waals surface area (Å²) in [6.45, 7) is 22.7. The van der Waals surface area contributed by atoms with E-state index in [9.17, 15) is 0 Å². The smallest absolute Gasteiger partial charge is 0.0231 e. The zero-order valence-corrected chi connectivity index (χ0v) is 21.4. The van der Waals surface area contributed by atoms with Gasteiger partial charge in [0, 0.05) is 0 Å². The van der Waals surface area contributed by atoms with Crippen LogP contribution >= 0.6 is 0 Å². The molecule has 0 spiro atoms. The second kappa shape index (κ2) is 10.4. The molecule has 29 heavy (non-hydrogen) atoms. The topological polar surface area (TPSA) is 0 Å². The fraction of sp³-hybridized carbons (Fsp3) is 0.931. The maximum Gasteiger partial charge on any atom is -0.0231 e. The Morgan fingerprint density at radius 3 is 2.10 bits per heavy atom. The van der Waals surface area contributed by atoms with Gasteiger partial charge in [0.05, 0.1) is 0 Å². The van der Waals surface area contributed by atoms with Crippen molar-refractivity contribution in [3.8, 4) is 0 Å². The van der Waals surface area contributed by atoms with Crippen molar-refractivity contribution in [2.24, 2.45) is 52.3 Å². The number of allylic oxidation sites excluding steroid dienone is 1. The maximum absolute atomic E-state index is 4.13. The van der Waals surface area contributed by atoms with E-state index in [1.54, 1.807) is 6.42 Å². The zero-order chi connectivity index (χ0) is 21.8. The SMILES string of the molecule is C=CC(C)C1CCC2C3CCC4CC(C)CCC4(C)C3CCC12C.CC.CCC. The highest BCUT2D eigenvalue weighted by Crippen LogP contribution is 2.68. The van der Waals surface area contributed by atoms with Gasteiger partial charge in [-0.25, -0.2) is 0 Å². The Labute approximate surface area is 184 Å². The van der Waals surface area contributed by atoms with E-state index in [1.165, 1.54) is 57.8 Å². The van der Waals surface area contributed by atoms with Crippen LogP contribution in [0, 0.1) is 52.3 Å². The standard InChI is InChI=1S/C24H40.C3H8.C2H6/c1-6-17(3)20-9-10-21-19-8-7-18-15-16(2)11-13-23(18,4)22(19)12-14-24(20,21)5;1-3-2;1-2/h6,16-22H,1,7-15H2,2-5H3;3H2,1-2H3;1-2H3. The van der Waals surface area contributed by atoms with Crippen LogP contribution in [0.4, 0.5) is 0 Å². The summed E-state index contributed by atoms with van der Waals surface area (Å²) in [5, 5.41) is 0. The molecule has 0 aromatic carbocycles. The normalized spacial score (nSPS) is 46.5. The van der Waals surface area contributed by atoms with Gasteiger partial charge in [0.25, 0.3) is 0 Å². The Hall–Kier alpha value is -0.260. The molecule has 9 atom stereocenters. The Bertz CT molecular complexity index is 506. The van der Waals surface area contributed by atoms with Crippen molar-refractivity contribution in [1.29, 1.82) is 0 Å². The van der Waals surface area contributed by atoms with Crippen LogP contribution in [-0.4, -0.2) is 0 Å². The third kappa shape index (κ3) is 4.52. The highest BCUT2D eigenvalue weighted by atomic mass is 14.6. The van der Waals surface area contributed by atoms with Gasteiger partial charge in [0.2, 0.25) is 0 Å². The van der Waals surface area contributed by atoms with E-state index in [-0.39, 0.29) is 0 Å². The highest BCUT2D eigenvalue weighted by molar-refractivity contribution is 5.10. The zero-order valence-electron chi connectivity index (χ0n) is 21.4. The summed E-state index contributed by atoms with van der Waals surface area (Å²) in [6.07, 6.45) is 17.1. The Kier molecular flexibility index (Phi) is 8.94. The van der Waals surface area contributed by atoms with Gasteiger partial charge in [-0.15, -0.1) is 6.58 Å². The van der Waals surface area contributed by atoms with E-state index < -0.39 is 0 Å². The van der Waals surface area contributed by atoms with E-state index in [4.69, 9.17) is 0 Å². The average Bonchev–Trinajstić information content (AvgIpc) is 3.07. The van der Waals surface area contributed by atoms with Crippen molar-refractivity contribution >= 4 is 0 Å². The van der Waals surface area contributed by atoms with E-state index in [0.717, 1.165) is 35.5 Å². The molecule has 0 aliphatic heterocycles. The van der Waals surface area contributed by atoms with Crippen molar-refractivity contribution in [1.82, 2.24) is 0 Å². The van der Waals surface area contributed by atoms with Crippen LogP contribution in [-0.2, 0) is 0 Å². The molecule has 4 rings (SSSR count). The van der Waals surface area contributed by atoms with Crippen molar-refractivity contribution in [2.45, 2.75) is 120 Å². The third-order valence-corrected chi connectivity index (χ3v) is 10.0. The lowest BCUT2D eigenvalue weighted by atomic mass is 9.44. The molecular weight excluding hydrogens is 348 g/mol. The van der Waals surface area contributed by atoms with Crippen molar-refractivity contribution < 1.29 is 0 Å². The molecule has 4 fully saturated rings. The van der Waals surface area contributed by atoms with Gasteiger partial charge in [-0.05, 0) is 104 Å².